The van der Waals surface area contributed by atoms with Crippen LogP contribution in [0.4, 0.5) is 0 Å². The molecule has 1 aromatic rings. The number of piperazine rings is 1. The average molecular weight is 397 g/mol. The maximum absolute atomic E-state index is 11.9. The molecule has 1 atom stereocenters. The molecule has 6 nitrogen and oxygen atoms in total. The molecule has 2 heterocycles. The van der Waals surface area contributed by atoms with E-state index in [4.69, 9.17) is 17.0 Å². The normalized spacial score (nSPS) is 16.2. The molecule has 0 saturated carbocycles. The summed E-state index contributed by atoms with van der Waals surface area (Å²) in [6.07, 6.45) is 7.44. The number of methoxy groups -OCH3 is 1. The molecule has 2 rings (SSSR count). The Morgan fingerprint density at radius 1 is 1.35 bits per heavy atom. The SMILES string of the molecule is COC(=O)[C@H](CCSC)NC(=S)N1CCN(CCc2ccncc2)CC1. The Balaban J connectivity index is 1.75. The summed E-state index contributed by atoms with van der Waals surface area (Å²) in [5.74, 6) is 0.635. The predicted molar refractivity (Wildman–Crippen MR) is 110 cm³/mol. The molecule has 0 spiro atoms. The highest BCUT2D eigenvalue weighted by Gasteiger charge is 2.24. The molecular formula is C18H28N4O2S2. The molecule has 1 aromatic heterocycles. The van der Waals surface area contributed by atoms with Gasteiger partial charge in [-0.3, -0.25) is 9.88 Å². The van der Waals surface area contributed by atoms with E-state index in [1.807, 2.05) is 18.6 Å². The number of pyridine rings is 1. The molecule has 0 aromatic carbocycles. The molecule has 0 radical (unpaired) electrons. The van der Waals surface area contributed by atoms with Gasteiger partial charge in [0.15, 0.2) is 5.11 Å². The summed E-state index contributed by atoms with van der Waals surface area (Å²) >= 11 is 7.23. The summed E-state index contributed by atoms with van der Waals surface area (Å²) in [6.45, 7) is 4.73. The van der Waals surface area contributed by atoms with Crippen molar-refractivity contribution in [2.24, 2.45) is 0 Å². The summed E-state index contributed by atoms with van der Waals surface area (Å²) in [7, 11) is 1.42. The van der Waals surface area contributed by atoms with Crippen molar-refractivity contribution in [1.29, 1.82) is 0 Å². The van der Waals surface area contributed by atoms with E-state index in [-0.39, 0.29) is 12.0 Å². The Bertz CT molecular complexity index is 566. The van der Waals surface area contributed by atoms with Gasteiger partial charge in [-0.2, -0.15) is 11.8 Å². The van der Waals surface area contributed by atoms with Crippen molar-refractivity contribution in [3.8, 4) is 0 Å². The maximum Gasteiger partial charge on any atom is 0.328 e. The van der Waals surface area contributed by atoms with E-state index < -0.39 is 0 Å². The molecule has 1 aliphatic heterocycles. The second-order valence-electron chi connectivity index (χ2n) is 6.24. The molecule has 144 valence electrons. The first-order chi connectivity index (χ1) is 12.6. The quantitative estimate of drug-likeness (QED) is 0.523. The molecule has 8 heteroatoms. The second kappa shape index (κ2) is 11.4. The van der Waals surface area contributed by atoms with Gasteiger partial charge in [-0.25, -0.2) is 4.79 Å². The zero-order chi connectivity index (χ0) is 18.8. The second-order valence-corrected chi connectivity index (χ2v) is 7.61. The number of aromatic nitrogens is 1. The monoisotopic (exact) mass is 396 g/mol. The number of carbonyl (C=O) groups is 1. The lowest BCUT2D eigenvalue weighted by atomic mass is 10.2. The summed E-state index contributed by atoms with van der Waals surface area (Å²) in [5, 5.41) is 3.84. The number of rotatable bonds is 8. The van der Waals surface area contributed by atoms with Crippen molar-refractivity contribution >= 4 is 35.1 Å². The highest BCUT2D eigenvalue weighted by atomic mass is 32.2. The molecule has 0 unspecified atom stereocenters. The van der Waals surface area contributed by atoms with E-state index in [2.05, 4.69) is 32.2 Å². The maximum atomic E-state index is 11.9. The summed E-state index contributed by atoms with van der Waals surface area (Å²) < 4.78 is 4.89. The lowest BCUT2D eigenvalue weighted by Gasteiger charge is -2.37. The van der Waals surface area contributed by atoms with Crippen LogP contribution in [0, 0.1) is 0 Å². The van der Waals surface area contributed by atoms with Gasteiger partial charge in [0.1, 0.15) is 6.04 Å². The minimum absolute atomic E-state index is 0.252. The Morgan fingerprint density at radius 3 is 2.65 bits per heavy atom. The van der Waals surface area contributed by atoms with E-state index in [9.17, 15) is 4.79 Å². The van der Waals surface area contributed by atoms with Gasteiger partial charge in [-0.1, -0.05) is 0 Å². The van der Waals surface area contributed by atoms with Gasteiger partial charge in [-0.05, 0) is 54.8 Å². The van der Waals surface area contributed by atoms with E-state index in [0.717, 1.165) is 44.9 Å². The van der Waals surface area contributed by atoms with E-state index in [0.29, 0.717) is 11.5 Å². The molecule has 1 saturated heterocycles. The lowest BCUT2D eigenvalue weighted by molar-refractivity contribution is -0.142. The standard InChI is InChI=1S/C18H28N4O2S2/c1-24-17(23)16(6-14-26-2)20-18(25)22-12-10-21(11-13-22)9-5-15-3-7-19-8-4-15/h3-4,7-8,16H,5-6,9-14H2,1-2H3,(H,20,25)/t16-/m0/s1. The van der Waals surface area contributed by atoms with Crippen molar-refractivity contribution in [3.63, 3.8) is 0 Å². The third-order valence-corrected chi connectivity index (χ3v) is 5.54. The first-order valence-electron chi connectivity index (χ1n) is 8.87. The summed E-state index contributed by atoms with van der Waals surface area (Å²) in [6, 6.07) is 3.76. The largest absolute Gasteiger partial charge is 0.467 e. The molecule has 0 bridgehead atoms. The number of thioether (sulfide) groups is 1. The number of carbonyl (C=O) groups excluding carboxylic acids is 1. The molecule has 1 N–H and O–H groups in total. The number of nitrogens with zero attached hydrogens (tertiary/aromatic N) is 3. The zero-order valence-electron chi connectivity index (χ0n) is 15.5. The average Bonchev–Trinajstić information content (AvgIpc) is 2.70. The topological polar surface area (TPSA) is 57.7 Å². The number of esters is 1. The van der Waals surface area contributed by atoms with E-state index in [1.54, 1.807) is 11.8 Å². The van der Waals surface area contributed by atoms with Crippen LogP contribution in [-0.4, -0.2) is 83.7 Å². The molecule has 1 aliphatic rings. The van der Waals surface area contributed by atoms with Crippen LogP contribution in [0.15, 0.2) is 24.5 Å². The zero-order valence-corrected chi connectivity index (χ0v) is 17.2. The van der Waals surface area contributed by atoms with Crippen LogP contribution in [0.1, 0.15) is 12.0 Å². The highest BCUT2D eigenvalue weighted by molar-refractivity contribution is 7.98. The number of nitrogens with one attached hydrogen (secondary N) is 1. The van der Waals surface area contributed by atoms with Gasteiger partial charge in [0.2, 0.25) is 0 Å². The molecule has 0 aliphatic carbocycles. The van der Waals surface area contributed by atoms with Gasteiger partial charge in [0.25, 0.3) is 0 Å². The van der Waals surface area contributed by atoms with Crippen LogP contribution in [0.5, 0.6) is 0 Å². The third-order valence-electron chi connectivity index (χ3n) is 4.52. The number of ether oxygens (including phenoxy) is 1. The van der Waals surface area contributed by atoms with Gasteiger partial charge in [0.05, 0.1) is 7.11 Å². The van der Waals surface area contributed by atoms with Crippen molar-refractivity contribution in [2.75, 3.05) is 51.8 Å². The van der Waals surface area contributed by atoms with E-state index in [1.165, 1.54) is 12.7 Å². The third kappa shape index (κ3) is 6.74. The Kier molecular flexibility index (Phi) is 9.14. The Hall–Kier alpha value is -1.38. The molecule has 0 amide bonds. The number of hydrogen-bond acceptors (Lipinski definition) is 6. The number of hydrogen-bond donors (Lipinski definition) is 1. The van der Waals surface area contributed by atoms with E-state index >= 15 is 0 Å². The fourth-order valence-electron chi connectivity index (χ4n) is 2.88. The lowest BCUT2D eigenvalue weighted by Crippen LogP contribution is -2.54. The summed E-state index contributed by atoms with van der Waals surface area (Å²) in [5.41, 5.74) is 1.31. The first-order valence-corrected chi connectivity index (χ1v) is 10.7. The van der Waals surface area contributed by atoms with Gasteiger partial charge in [0, 0.05) is 45.1 Å². The fraction of sp³-hybridized carbons (Fsp3) is 0.611. The molecular weight excluding hydrogens is 368 g/mol. The Labute approximate surface area is 165 Å². The Morgan fingerprint density at radius 2 is 2.04 bits per heavy atom. The summed E-state index contributed by atoms with van der Waals surface area (Å²) in [4.78, 5) is 20.6. The molecule has 26 heavy (non-hydrogen) atoms. The van der Waals surface area contributed by atoms with Crippen LogP contribution < -0.4 is 5.32 Å². The first kappa shape index (κ1) is 20.9. The smallest absolute Gasteiger partial charge is 0.328 e. The van der Waals surface area contributed by atoms with Crippen molar-refractivity contribution in [2.45, 2.75) is 18.9 Å². The predicted octanol–water partition coefficient (Wildman–Crippen LogP) is 1.41. The fourth-order valence-corrected chi connectivity index (χ4v) is 3.67. The van der Waals surface area contributed by atoms with Crippen LogP contribution in [0.25, 0.3) is 0 Å². The van der Waals surface area contributed by atoms with Crippen LogP contribution in [0.2, 0.25) is 0 Å². The van der Waals surface area contributed by atoms with Crippen molar-refractivity contribution in [1.82, 2.24) is 20.1 Å². The minimum atomic E-state index is -0.371. The van der Waals surface area contributed by atoms with Crippen molar-refractivity contribution in [3.05, 3.63) is 30.1 Å². The van der Waals surface area contributed by atoms with Gasteiger partial charge < -0.3 is 15.0 Å². The number of thiocarbonyl (C=S) groups is 1. The van der Waals surface area contributed by atoms with Crippen LogP contribution in [0.3, 0.4) is 0 Å². The van der Waals surface area contributed by atoms with Crippen molar-refractivity contribution < 1.29 is 9.53 Å². The van der Waals surface area contributed by atoms with Gasteiger partial charge in [-0.15, -0.1) is 0 Å². The minimum Gasteiger partial charge on any atom is -0.467 e. The van der Waals surface area contributed by atoms with Crippen LogP contribution >= 0.6 is 24.0 Å². The van der Waals surface area contributed by atoms with Gasteiger partial charge >= 0.3 is 5.97 Å². The van der Waals surface area contributed by atoms with Crippen LogP contribution in [-0.2, 0) is 16.0 Å². The molecule has 1 fully saturated rings. The highest BCUT2D eigenvalue weighted by Crippen LogP contribution is 2.08.